The van der Waals surface area contributed by atoms with Crippen molar-refractivity contribution in [2.24, 2.45) is 0 Å². The van der Waals surface area contributed by atoms with Crippen LogP contribution >= 0.6 is 0 Å². The van der Waals surface area contributed by atoms with Crippen molar-refractivity contribution in [3.8, 4) is 17.1 Å². The van der Waals surface area contributed by atoms with Crippen LogP contribution in [0.5, 0.6) is 0 Å². The summed E-state index contributed by atoms with van der Waals surface area (Å²) in [6, 6.07) is 3.04. The van der Waals surface area contributed by atoms with Gasteiger partial charge in [-0.1, -0.05) is 12.1 Å². The van der Waals surface area contributed by atoms with Gasteiger partial charge in [0.1, 0.15) is 12.6 Å². The fraction of sp³-hybridized carbons (Fsp3) is 0.217. The molecule has 5 rings (SSSR count). The number of carbonyl (C=O) groups is 1. The molecule has 5 aromatic rings. The van der Waals surface area contributed by atoms with Crippen LogP contribution in [0.4, 0.5) is 13.2 Å². The molecule has 0 saturated carbocycles. The predicted octanol–water partition coefficient (Wildman–Crippen LogP) is 2.67. The number of nitrogens with one attached hydrogen (secondary N) is 1. The molecule has 0 radical (unpaired) electrons. The molecule has 1 aromatic carbocycles. The van der Waals surface area contributed by atoms with Crippen LogP contribution in [0.3, 0.4) is 0 Å². The molecule has 0 aliphatic carbocycles. The van der Waals surface area contributed by atoms with Crippen LogP contribution in [-0.2, 0) is 11.3 Å². The van der Waals surface area contributed by atoms with Crippen molar-refractivity contribution in [2.75, 3.05) is 0 Å². The Bertz CT molecular complexity index is 1650. The predicted molar refractivity (Wildman–Crippen MR) is 124 cm³/mol. The van der Waals surface area contributed by atoms with Crippen LogP contribution in [0, 0.1) is 6.92 Å². The van der Waals surface area contributed by atoms with Crippen molar-refractivity contribution in [1.82, 2.24) is 39.0 Å². The lowest BCUT2D eigenvalue weighted by molar-refractivity contribution is -0.158. The number of benzene rings is 1. The Morgan fingerprint density at radius 1 is 1.11 bits per heavy atom. The Morgan fingerprint density at radius 2 is 1.92 bits per heavy atom. The molecule has 0 aliphatic rings. The summed E-state index contributed by atoms with van der Waals surface area (Å²) >= 11 is 0. The van der Waals surface area contributed by atoms with Gasteiger partial charge in [-0.3, -0.25) is 19.3 Å². The maximum absolute atomic E-state index is 13.4. The molecule has 1 N–H and O–H groups in total. The fourth-order valence-electron chi connectivity index (χ4n) is 3.96. The van der Waals surface area contributed by atoms with Gasteiger partial charge >= 0.3 is 11.9 Å². The average Bonchev–Trinajstić information content (AvgIpc) is 3.39. The number of nitrogens with zero attached hydrogens (tertiary/aromatic N) is 7. The van der Waals surface area contributed by atoms with Crippen LogP contribution < -0.4 is 11.0 Å². The molecule has 184 valence electrons. The van der Waals surface area contributed by atoms with Crippen molar-refractivity contribution < 1.29 is 18.0 Å². The normalized spacial score (nSPS) is 12.8. The summed E-state index contributed by atoms with van der Waals surface area (Å²) in [7, 11) is 0. The van der Waals surface area contributed by atoms with Crippen molar-refractivity contribution in [3.05, 3.63) is 71.4 Å². The van der Waals surface area contributed by atoms with Gasteiger partial charge < -0.3 is 5.32 Å². The fourth-order valence-corrected chi connectivity index (χ4v) is 3.96. The van der Waals surface area contributed by atoms with Crippen LogP contribution in [0.15, 0.2) is 60.2 Å². The standard InChI is InChI=1S/C23H19F3N8O2/c1-13-4-3-5-17-21(13)34(22(36)32(17)12-20(35)31-14(2)23(24,25)26)19-11-28-16(9-29-19)15-8-30-33-7-6-27-10-18(15)33/h3-11,14H,12H2,1-2H3,(H,31,35). The summed E-state index contributed by atoms with van der Waals surface area (Å²) in [5, 5.41) is 6.14. The number of rotatable bonds is 5. The second-order valence-electron chi connectivity index (χ2n) is 8.20. The number of alkyl halides is 3. The number of aromatic nitrogens is 7. The van der Waals surface area contributed by atoms with E-state index in [1.54, 1.807) is 54.4 Å². The first kappa shape index (κ1) is 23.2. The zero-order chi connectivity index (χ0) is 25.6. The molecule has 0 saturated heterocycles. The molecule has 10 nitrogen and oxygen atoms in total. The van der Waals surface area contributed by atoms with E-state index in [1.807, 2.05) is 5.32 Å². The Labute approximate surface area is 201 Å². The maximum Gasteiger partial charge on any atom is 0.408 e. The van der Waals surface area contributed by atoms with Gasteiger partial charge in [0.2, 0.25) is 5.91 Å². The van der Waals surface area contributed by atoms with Crippen LogP contribution in [0.25, 0.3) is 33.6 Å². The molecule has 0 bridgehead atoms. The Kier molecular flexibility index (Phi) is 5.54. The molecular formula is C23H19F3N8O2. The lowest BCUT2D eigenvalue weighted by Gasteiger charge is -2.17. The van der Waals surface area contributed by atoms with Crippen molar-refractivity contribution >= 4 is 22.5 Å². The third-order valence-electron chi connectivity index (χ3n) is 5.79. The highest BCUT2D eigenvalue weighted by Gasteiger charge is 2.37. The third kappa shape index (κ3) is 3.97. The maximum atomic E-state index is 13.4. The average molecular weight is 496 g/mol. The van der Waals surface area contributed by atoms with E-state index in [2.05, 4.69) is 20.1 Å². The quantitative estimate of drug-likeness (QED) is 0.401. The number of aryl methyl sites for hydroxylation is 1. The minimum atomic E-state index is -4.60. The Hall–Kier alpha value is -4.55. The molecule has 0 fully saturated rings. The van der Waals surface area contributed by atoms with Crippen LogP contribution in [0.1, 0.15) is 12.5 Å². The molecule has 1 amide bonds. The van der Waals surface area contributed by atoms with Crippen LogP contribution in [0.2, 0.25) is 0 Å². The van der Waals surface area contributed by atoms with E-state index in [-0.39, 0.29) is 5.82 Å². The van der Waals surface area contributed by atoms with Gasteiger partial charge in [-0.15, -0.1) is 0 Å². The number of imidazole rings is 1. The molecule has 1 unspecified atom stereocenters. The summed E-state index contributed by atoms with van der Waals surface area (Å²) in [4.78, 5) is 38.7. The largest absolute Gasteiger partial charge is 0.408 e. The zero-order valence-electron chi connectivity index (χ0n) is 19.1. The molecule has 4 heterocycles. The molecule has 4 aromatic heterocycles. The second kappa shape index (κ2) is 8.59. The highest BCUT2D eigenvalue weighted by atomic mass is 19.4. The van der Waals surface area contributed by atoms with Gasteiger partial charge in [0.05, 0.1) is 47.0 Å². The molecule has 0 spiro atoms. The third-order valence-corrected chi connectivity index (χ3v) is 5.79. The van der Waals surface area contributed by atoms with Gasteiger partial charge in [0.15, 0.2) is 5.82 Å². The Balaban J connectivity index is 1.55. The van der Waals surface area contributed by atoms with Crippen molar-refractivity contribution in [3.63, 3.8) is 0 Å². The van der Waals surface area contributed by atoms with E-state index in [0.29, 0.717) is 27.9 Å². The number of amides is 1. The van der Waals surface area contributed by atoms with Gasteiger partial charge in [0.25, 0.3) is 0 Å². The summed E-state index contributed by atoms with van der Waals surface area (Å²) < 4.78 is 42.7. The number of hydrogen-bond acceptors (Lipinski definition) is 6. The Morgan fingerprint density at radius 3 is 2.64 bits per heavy atom. The van der Waals surface area contributed by atoms with Gasteiger partial charge in [-0.2, -0.15) is 18.3 Å². The summed E-state index contributed by atoms with van der Waals surface area (Å²) in [5.41, 5.74) is 2.88. The number of carbonyl (C=O) groups excluding carboxylic acids is 1. The minimum Gasteiger partial charge on any atom is -0.343 e. The topological polar surface area (TPSA) is 112 Å². The van der Waals surface area contributed by atoms with Gasteiger partial charge in [-0.05, 0) is 25.5 Å². The first-order valence-electron chi connectivity index (χ1n) is 10.8. The number of halogens is 3. The molecule has 1 atom stereocenters. The highest BCUT2D eigenvalue weighted by molar-refractivity contribution is 5.84. The van der Waals surface area contributed by atoms with Gasteiger partial charge in [0, 0.05) is 18.0 Å². The smallest absolute Gasteiger partial charge is 0.343 e. The second-order valence-corrected chi connectivity index (χ2v) is 8.20. The lowest BCUT2D eigenvalue weighted by Crippen LogP contribution is -2.45. The number of fused-ring (bicyclic) bond motifs is 2. The van der Waals surface area contributed by atoms with E-state index in [0.717, 1.165) is 17.0 Å². The van der Waals surface area contributed by atoms with Crippen molar-refractivity contribution in [1.29, 1.82) is 0 Å². The number of hydrogen-bond donors (Lipinski definition) is 1. The molecule has 36 heavy (non-hydrogen) atoms. The summed E-state index contributed by atoms with van der Waals surface area (Å²) in [5.74, 6) is -0.744. The van der Waals surface area contributed by atoms with E-state index >= 15 is 0 Å². The highest BCUT2D eigenvalue weighted by Crippen LogP contribution is 2.24. The summed E-state index contributed by atoms with van der Waals surface area (Å²) in [6.45, 7) is 2.03. The SMILES string of the molecule is Cc1cccc2c1n(-c1cnc(-c3cnn4ccncc34)cn1)c(=O)n2CC(=O)NC(C)C(F)(F)F. The van der Waals surface area contributed by atoms with E-state index in [4.69, 9.17) is 0 Å². The van der Waals surface area contributed by atoms with Crippen molar-refractivity contribution in [2.45, 2.75) is 32.6 Å². The molecular weight excluding hydrogens is 477 g/mol. The van der Waals surface area contributed by atoms with Crippen LogP contribution in [-0.4, -0.2) is 51.8 Å². The summed E-state index contributed by atoms with van der Waals surface area (Å²) in [6.07, 6.45) is 4.88. The zero-order valence-corrected chi connectivity index (χ0v) is 19.1. The van der Waals surface area contributed by atoms with Gasteiger partial charge in [-0.25, -0.2) is 18.9 Å². The minimum absolute atomic E-state index is 0.195. The monoisotopic (exact) mass is 496 g/mol. The van der Waals surface area contributed by atoms with E-state index in [9.17, 15) is 22.8 Å². The first-order valence-corrected chi connectivity index (χ1v) is 10.8. The van der Waals surface area contributed by atoms with E-state index in [1.165, 1.54) is 17.0 Å². The van der Waals surface area contributed by atoms with E-state index < -0.39 is 30.4 Å². The number of para-hydroxylation sites is 1. The first-order chi connectivity index (χ1) is 17.1. The molecule has 0 aliphatic heterocycles. The lowest BCUT2D eigenvalue weighted by atomic mass is 10.2. The molecule has 13 heteroatoms.